The number of hydrogen-bond donors (Lipinski definition) is 1. The topological polar surface area (TPSA) is 59.4 Å². The van der Waals surface area contributed by atoms with Crippen LogP contribution in [0.4, 0.5) is 0 Å². The van der Waals surface area contributed by atoms with Crippen LogP contribution in [0.1, 0.15) is 10.4 Å². The summed E-state index contributed by atoms with van der Waals surface area (Å²) in [5.74, 6) is -0.732. The van der Waals surface area contributed by atoms with E-state index in [0.717, 1.165) is 0 Å². The lowest BCUT2D eigenvalue weighted by Gasteiger charge is -2.08. The maximum Gasteiger partial charge on any atom is 0.339 e. The van der Waals surface area contributed by atoms with Gasteiger partial charge in [0.1, 0.15) is 11.3 Å². The van der Waals surface area contributed by atoms with Gasteiger partial charge in [0.15, 0.2) is 0 Å². The number of aromatic nitrogens is 1. The van der Waals surface area contributed by atoms with Gasteiger partial charge in [0.25, 0.3) is 0 Å². The van der Waals surface area contributed by atoms with E-state index in [1.807, 2.05) is 0 Å². The number of benzene rings is 1. The van der Waals surface area contributed by atoms with Gasteiger partial charge in [-0.25, -0.2) is 9.78 Å². The maximum absolute atomic E-state index is 11.0. The lowest BCUT2D eigenvalue weighted by Crippen LogP contribution is -2.00. The van der Waals surface area contributed by atoms with Crippen molar-refractivity contribution in [3.63, 3.8) is 0 Å². The van der Waals surface area contributed by atoms with E-state index in [4.69, 9.17) is 33.0 Å². The number of carboxylic acids is 1. The lowest BCUT2D eigenvalue weighted by molar-refractivity contribution is 0.0694. The van der Waals surface area contributed by atoms with Crippen LogP contribution in [0.5, 0.6) is 11.6 Å². The summed E-state index contributed by atoms with van der Waals surface area (Å²) in [6, 6.07) is 7.40. The summed E-state index contributed by atoms with van der Waals surface area (Å²) in [5, 5.41) is 9.86. The molecule has 0 spiro atoms. The molecule has 0 saturated heterocycles. The lowest BCUT2D eigenvalue weighted by atomic mass is 10.2. The molecule has 6 heteroatoms. The third kappa shape index (κ3) is 2.91. The van der Waals surface area contributed by atoms with Gasteiger partial charge in [-0.3, -0.25) is 0 Å². The number of rotatable bonds is 3. The van der Waals surface area contributed by atoms with Crippen molar-refractivity contribution >= 4 is 29.2 Å². The highest BCUT2D eigenvalue weighted by Crippen LogP contribution is 2.27. The molecule has 1 aromatic heterocycles. The Morgan fingerprint density at radius 2 is 1.89 bits per heavy atom. The Labute approximate surface area is 113 Å². The van der Waals surface area contributed by atoms with Crippen molar-refractivity contribution in [2.24, 2.45) is 0 Å². The molecule has 4 nitrogen and oxygen atoms in total. The molecular weight excluding hydrogens is 277 g/mol. The molecule has 18 heavy (non-hydrogen) atoms. The van der Waals surface area contributed by atoms with Crippen LogP contribution in [0.15, 0.2) is 36.5 Å². The molecule has 1 N–H and O–H groups in total. The Hall–Kier alpha value is -1.78. The average Bonchev–Trinajstić information content (AvgIpc) is 2.32. The normalized spacial score (nSPS) is 10.1. The van der Waals surface area contributed by atoms with E-state index in [-0.39, 0.29) is 17.2 Å². The number of nitrogens with zero attached hydrogens (tertiary/aromatic N) is 1. The molecule has 0 fully saturated rings. The van der Waals surface area contributed by atoms with Crippen molar-refractivity contribution in [2.45, 2.75) is 0 Å². The minimum absolute atomic E-state index is 0.0103. The second-order valence-electron chi connectivity index (χ2n) is 3.36. The van der Waals surface area contributed by atoms with Crippen LogP contribution in [0, 0.1) is 0 Å². The van der Waals surface area contributed by atoms with Gasteiger partial charge in [-0.1, -0.05) is 23.2 Å². The van der Waals surface area contributed by atoms with Gasteiger partial charge in [0.05, 0.1) is 5.02 Å². The molecule has 0 aliphatic rings. The third-order valence-corrected chi connectivity index (χ3v) is 2.55. The quantitative estimate of drug-likeness (QED) is 0.929. The molecular formula is C12H7Cl2NO3. The van der Waals surface area contributed by atoms with E-state index in [1.54, 1.807) is 6.07 Å². The highest BCUT2D eigenvalue weighted by Gasteiger charge is 2.13. The average molecular weight is 284 g/mol. The first-order valence-electron chi connectivity index (χ1n) is 4.88. The molecule has 2 aromatic rings. The van der Waals surface area contributed by atoms with Gasteiger partial charge in [-0.15, -0.1) is 0 Å². The molecule has 0 amide bonds. The minimum atomic E-state index is -1.10. The molecule has 0 aliphatic heterocycles. The van der Waals surface area contributed by atoms with Crippen molar-refractivity contribution < 1.29 is 14.6 Å². The summed E-state index contributed by atoms with van der Waals surface area (Å²) in [6.07, 6.45) is 1.40. The predicted octanol–water partition coefficient (Wildman–Crippen LogP) is 3.88. The zero-order valence-electron chi connectivity index (χ0n) is 8.93. The van der Waals surface area contributed by atoms with Crippen molar-refractivity contribution in [3.8, 4) is 11.6 Å². The number of carboxylic acid groups (broad SMARTS) is 1. The molecule has 0 saturated carbocycles. The SMILES string of the molecule is O=C(O)c1ccc(Cl)cc1Oc1ccc(Cl)cn1. The summed E-state index contributed by atoms with van der Waals surface area (Å²) in [5.41, 5.74) is 0.0103. The van der Waals surface area contributed by atoms with Crippen LogP contribution >= 0.6 is 23.2 Å². The Balaban J connectivity index is 2.35. The Kier molecular flexibility index (Phi) is 3.69. The molecule has 1 aromatic carbocycles. The first-order chi connectivity index (χ1) is 8.56. The molecule has 0 atom stereocenters. The zero-order valence-corrected chi connectivity index (χ0v) is 10.4. The summed E-state index contributed by atoms with van der Waals surface area (Å²) in [6.45, 7) is 0. The van der Waals surface area contributed by atoms with Gasteiger partial charge in [0.2, 0.25) is 5.88 Å². The van der Waals surface area contributed by atoms with E-state index in [2.05, 4.69) is 4.98 Å². The molecule has 0 bridgehead atoms. The molecule has 92 valence electrons. The van der Waals surface area contributed by atoms with E-state index < -0.39 is 5.97 Å². The predicted molar refractivity (Wildman–Crippen MR) is 67.7 cm³/mol. The monoisotopic (exact) mass is 283 g/mol. The maximum atomic E-state index is 11.0. The van der Waals surface area contributed by atoms with Crippen molar-refractivity contribution in [1.82, 2.24) is 4.98 Å². The third-order valence-electron chi connectivity index (χ3n) is 2.09. The van der Waals surface area contributed by atoms with Crippen molar-refractivity contribution in [1.29, 1.82) is 0 Å². The number of pyridine rings is 1. The molecule has 1 heterocycles. The van der Waals surface area contributed by atoms with Crippen LogP contribution in [-0.4, -0.2) is 16.1 Å². The van der Waals surface area contributed by atoms with Gasteiger partial charge >= 0.3 is 5.97 Å². The van der Waals surface area contributed by atoms with Crippen LogP contribution in [-0.2, 0) is 0 Å². The fourth-order valence-electron chi connectivity index (χ4n) is 1.29. The van der Waals surface area contributed by atoms with Gasteiger partial charge < -0.3 is 9.84 Å². The molecule has 0 aliphatic carbocycles. The number of ether oxygens (including phenoxy) is 1. The van der Waals surface area contributed by atoms with E-state index in [1.165, 1.54) is 30.5 Å². The molecule has 0 unspecified atom stereocenters. The van der Waals surface area contributed by atoms with Gasteiger partial charge in [-0.05, 0) is 18.2 Å². The fraction of sp³-hybridized carbons (Fsp3) is 0. The largest absolute Gasteiger partial charge is 0.478 e. The molecule has 0 radical (unpaired) electrons. The fourth-order valence-corrected chi connectivity index (χ4v) is 1.57. The number of halogens is 2. The zero-order chi connectivity index (χ0) is 13.1. The first kappa shape index (κ1) is 12.7. The summed E-state index contributed by atoms with van der Waals surface area (Å²) in [7, 11) is 0. The summed E-state index contributed by atoms with van der Waals surface area (Å²) >= 11 is 11.5. The Morgan fingerprint density at radius 1 is 1.17 bits per heavy atom. The van der Waals surface area contributed by atoms with Crippen LogP contribution in [0.3, 0.4) is 0 Å². The van der Waals surface area contributed by atoms with Gasteiger partial charge in [0, 0.05) is 23.4 Å². The van der Waals surface area contributed by atoms with Crippen LogP contribution < -0.4 is 4.74 Å². The van der Waals surface area contributed by atoms with E-state index in [0.29, 0.717) is 10.0 Å². The van der Waals surface area contributed by atoms with Crippen LogP contribution in [0.2, 0.25) is 10.0 Å². The second-order valence-corrected chi connectivity index (χ2v) is 4.24. The summed E-state index contributed by atoms with van der Waals surface area (Å²) < 4.78 is 5.37. The van der Waals surface area contributed by atoms with E-state index in [9.17, 15) is 4.79 Å². The number of aromatic carboxylic acids is 1. The smallest absolute Gasteiger partial charge is 0.339 e. The van der Waals surface area contributed by atoms with E-state index >= 15 is 0 Å². The number of hydrogen-bond acceptors (Lipinski definition) is 3. The minimum Gasteiger partial charge on any atom is -0.478 e. The number of carbonyl (C=O) groups is 1. The molecule has 2 rings (SSSR count). The second kappa shape index (κ2) is 5.25. The van der Waals surface area contributed by atoms with Crippen LogP contribution in [0.25, 0.3) is 0 Å². The summed E-state index contributed by atoms with van der Waals surface area (Å²) in [4.78, 5) is 14.9. The highest BCUT2D eigenvalue weighted by atomic mass is 35.5. The van der Waals surface area contributed by atoms with Crippen molar-refractivity contribution in [2.75, 3.05) is 0 Å². The highest BCUT2D eigenvalue weighted by molar-refractivity contribution is 6.31. The van der Waals surface area contributed by atoms with Gasteiger partial charge in [-0.2, -0.15) is 0 Å². The standard InChI is InChI=1S/C12H7Cl2NO3/c13-7-1-3-9(12(16)17)10(5-7)18-11-4-2-8(14)6-15-11/h1-6H,(H,16,17). The van der Waals surface area contributed by atoms with Crippen molar-refractivity contribution in [3.05, 3.63) is 52.1 Å². The first-order valence-corrected chi connectivity index (χ1v) is 5.64. The Bertz CT molecular complexity index is 584. The Morgan fingerprint density at radius 3 is 2.50 bits per heavy atom.